The number of nitrogens with zero attached hydrogens (tertiary/aromatic N) is 3. The van der Waals surface area contributed by atoms with Gasteiger partial charge < -0.3 is 9.47 Å². The smallest absolute Gasteiger partial charge is 0.262 e. The minimum atomic E-state index is -0.420. The number of benzene rings is 2. The van der Waals surface area contributed by atoms with Crippen molar-refractivity contribution in [3.8, 4) is 11.5 Å². The lowest BCUT2D eigenvalue weighted by Gasteiger charge is -2.17. The van der Waals surface area contributed by atoms with Gasteiger partial charge in [0.1, 0.15) is 18.0 Å². The highest BCUT2D eigenvalue weighted by Gasteiger charge is 2.23. The van der Waals surface area contributed by atoms with Crippen molar-refractivity contribution in [3.05, 3.63) is 85.2 Å². The van der Waals surface area contributed by atoms with E-state index in [9.17, 15) is 9.59 Å². The van der Waals surface area contributed by atoms with Gasteiger partial charge >= 0.3 is 0 Å². The average molecular weight is 596 g/mol. The van der Waals surface area contributed by atoms with Crippen molar-refractivity contribution in [3.63, 3.8) is 0 Å². The minimum Gasteiger partial charge on any atom is -0.493 e. The van der Waals surface area contributed by atoms with E-state index in [1.54, 1.807) is 24.5 Å². The van der Waals surface area contributed by atoms with Gasteiger partial charge in [0.05, 0.1) is 29.5 Å². The first-order chi connectivity index (χ1) is 18.4. The molecular weight excluding hydrogens is 568 g/mol. The maximum Gasteiger partial charge on any atom is 0.262 e. The third-order valence-electron chi connectivity index (χ3n) is 6.48. The summed E-state index contributed by atoms with van der Waals surface area (Å²) in [4.78, 5) is 32.1. The zero-order valence-electron chi connectivity index (χ0n) is 21.1. The number of hydrogen-bond donors (Lipinski definition) is 1. The molecule has 1 aliphatic carbocycles. The molecule has 0 fully saturated rings. The number of methoxy groups -OCH3 is 1. The predicted molar refractivity (Wildman–Crippen MR) is 152 cm³/mol. The van der Waals surface area contributed by atoms with Crippen LogP contribution < -0.4 is 20.5 Å². The molecule has 1 amide bonds. The summed E-state index contributed by atoms with van der Waals surface area (Å²) in [5.41, 5.74) is 5.15. The third-order valence-corrected chi connectivity index (χ3v) is 8.23. The third kappa shape index (κ3) is 5.66. The highest BCUT2D eigenvalue weighted by atomic mass is 79.9. The molecule has 5 rings (SSSR count). The van der Waals surface area contributed by atoms with Crippen molar-refractivity contribution in [2.24, 2.45) is 11.0 Å². The molecule has 0 aliphatic heterocycles. The van der Waals surface area contributed by atoms with Crippen molar-refractivity contribution >= 4 is 49.6 Å². The molecule has 0 radical (unpaired) electrons. The lowest BCUT2D eigenvalue weighted by atomic mass is 9.89. The number of aromatic nitrogens is 2. The number of carbonyl (C=O) groups is 1. The van der Waals surface area contributed by atoms with Crippen molar-refractivity contribution in [2.75, 3.05) is 7.11 Å². The molecule has 0 saturated carbocycles. The minimum absolute atomic E-state index is 0.167. The van der Waals surface area contributed by atoms with Gasteiger partial charge in [0.25, 0.3) is 11.5 Å². The highest BCUT2D eigenvalue weighted by Crippen LogP contribution is 2.37. The van der Waals surface area contributed by atoms with Gasteiger partial charge in [-0.2, -0.15) is 5.10 Å². The number of hydrogen-bond acceptors (Lipinski definition) is 7. The number of nitrogens with one attached hydrogen (secondary N) is 1. The van der Waals surface area contributed by atoms with E-state index in [1.807, 2.05) is 36.4 Å². The molecule has 38 heavy (non-hydrogen) atoms. The van der Waals surface area contributed by atoms with Crippen LogP contribution in [0.15, 0.2) is 63.2 Å². The van der Waals surface area contributed by atoms with Crippen molar-refractivity contribution in [1.29, 1.82) is 0 Å². The van der Waals surface area contributed by atoms with Gasteiger partial charge in [0.2, 0.25) is 0 Å². The van der Waals surface area contributed by atoms with Crippen LogP contribution in [-0.2, 0) is 30.8 Å². The van der Waals surface area contributed by atoms with E-state index in [0.717, 1.165) is 35.2 Å². The second-order valence-corrected chi connectivity index (χ2v) is 11.2. The fourth-order valence-corrected chi connectivity index (χ4v) is 6.45. The Morgan fingerprint density at radius 3 is 2.92 bits per heavy atom. The van der Waals surface area contributed by atoms with Crippen LogP contribution in [0.25, 0.3) is 10.2 Å². The van der Waals surface area contributed by atoms with Crippen LogP contribution in [0.5, 0.6) is 11.5 Å². The number of thiophene rings is 1. The quantitative estimate of drug-likeness (QED) is 0.227. The van der Waals surface area contributed by atoms with Gasteiger partial charge in [-0.25, -0.2) is 10.4 Å². The van der Waals surface area contributed by atoms with E-state index in [1.165, 1.54) is 22.0 Å². The second kappa shape index (κ2) is 11.5. The summed E-state index contributed by atoms with van der Waals surface area (Å²) in [6, 6.07) is 13.4. The Balaban J connectivity index is 1.25. The molecule has 1 atom stereocenters. The number of rotatable bonds is 8. The number of fused-ring (bicyclic) bond motifs is 3. The van der Waals surface area contributed by atoms with E-state index in [4.69, 9.17) is 9.47 Å². The Bertz CT molecular complexity index is 1560. The SMILES string of the molecule is COc1cc(/C=N/NC(=O)Cn2cnc3sc4c(c3c2=O)CCC(C)C4)cc(Br)c1OCc1ccccc1. The molecule has 1 unspecified atom stereocenters. The number of ether oxygens (including phenoxy) is 2. The second-order valence-electron chi connectivity index (χ2n) is 9.31. The summed E-state index contributed by atoms with van der Waals surface area (Å²) >= 11 is 5.12. The highest BCUT2D eigenvalue weighted by molar-refractivity contribution is 9.10. The largest absolute Gasteiger partial charge is 0.493 e. The molecule has 10 heteroatoms. The van der Waals surface area contributed by atoms with Gasteiger partial charge in [0.15, 0.2) is 11.5 Å². The molecule has 2 heterocycles. The van der Waals surface area contributed by atoms with Crippen molar-refractivity contribution < 1.29 is 14.3 Å². The number of hydrazone groups is 1. The van der Waals surface area contributed by atoms with Gasteiger partial charge in [-0.05, 0) is 69.9 Å². The fraction of sp³-hybridized carbons (Fsp3) is 0.286. The van der Waals surface area contributed by atoms with E-state index in [0.29, 0.717) is 39.4 Å². The predicted octanol–water partition coefficient (Wildman–Crippen LogP) is 5.08. The molecule has 4 aromatic rings. The first-order valence-electron chi connectivity index (χ1n) is 12.3. The Kier molecular flexibility index (Phi) is 7.90. The summed E-state index contributed by atoms with van der Waals surface area (Å²) in [7, 11) is 1.56. The first kappa shape index (κ1) is 26.1. The monoisotopic (exact) mass is 594 g/mol. The molecule has 1 N–H and O–H groups in total. The van der Waals surface area contributed by atoms with Crippen LogP contribution in [0.3, 0.4) is 0 Å². The molecule has 0 spiro atoms. The van der Waals surface area contributed by atoms with Crippen LogP contribution >= 0.6 is 27.3 Å². The standard InChI is InChI=1S/C28H27BrN4O4S/c1-17-8-9-20-23(10-17)38-27-25(20)28(35)33(16-30-27)14-24(34)32-31-13-19-11-21(29)26(22(12-19)36-2)37-15-18-6-4-3-5-7-18/h3-7,11-13,16-17H,8-10,14-15H2,1-2H3,(H,32,34)/b31-13+. The average Bonchev–Trinajstić information content (AvgIpc) is 3.28. The number of aryl methyl sites for hydroxylation is 1. The van der Waals surface area contributed by atoms with Crippen LogP contribution in [0.2, 0.25) is 0 Å². The maximum absolute atomic E-state index is 13.1. The summed E-state index contributed by atoms with van der Waals surface area (Å²) < 4.78 is 13.5. The zero-order chi connectivity index (χ0) is 26.6. The Labute approximate surface area is 232 Å². The maximum atomic E-state index is 13.1. The lowest BCUT2D eigenvalue weighted by molar-refractivity contribution is -0.121. The normalized spacial score (nSPS) is 15.0. The van der Waals surface area contributed by atoms with E-state index in [2.05, 4.69) is 38.4 Å². The van der Waals surface area contributed by atoms with Gasteiger partial charge in [-0.3, -0.25) is 14.2 Å². The molecule has 0 bridgehead atoms. The van der Waals surface area contributed by atoms with E-state index in [-0.39, 0.29) is 12.1 Å². The van der Waals surface area contributed by atoms with E-state index >= 15 is 0 Å². The van der Waals surface area contributed by atoms with Gasteiger partial charge in [-0.15, -0.1) is 11.3 Å². The number of halogens is 1. The summed E-state index contributed by atoms with van der Waals surface area (Å²) in [6.07, 6.45) is 5.86. The molecule has 2 aromatic heterocycles. The van der Waals surface area contributed by atoms with Gasteiger partial charge in [-0.1, -0.05) is 37.3 Å². The van der Waals surface area contributed by atoms with Crippen LogP contribution in [0.4, 0.5) is 0 Å². The zero-order valence-corrected chi connectivity index (χ0v) is 23.5. The molecule has 8 nitrogen and oxygen atoms in total. The fourth-order valence-electron chi connectivity index (χ4n) is 4.53. The molecule has 1 aliphatic rings. The molecule has 0 saturated heterocycles. The van der Waals surface area contributed by atoms with E-state index < -0.39 is 5.91 Å². The Morgan fingerprint density at radius 1 is 1.32 bits per heavy atom. The molecule has 196 valence electrons. The van der Waals surface area contributed by atoms with Gasteiger partial charge in [0, 0.05) is 4.88 Å². The van der Waals surface area contributed by atoms with Crippen LogP contribution in [-0.4, -0.2) is 28.8 Å². The van der Waals surface area contributed by atoms with Crippen LogP contribution in [0, 0.1) is 5.92 Å². The van der Waals surface area contributed by atoms with Crippen molar-refractivity contribution in [2.45, 2.75) is 39.3 Å². The molecular formula is C28H27BrN4O4S. The summed E-state index contributed by atoms with van der Waals surface area (Å²) in [6.45, 7) is 2.46. The number of amides is 1. The number of carbonyl (C=O) groups excluding carboxylic acids is 1. The first-order valence-corrected chi connectivity index (χ1v) is 13.9. The lowest BCUT2D eigenvalue weighted by Crippen LogP contribution is -2.30. The summed E-state index contributed by atoms with van der Waals surface area (Å²) in [5, 5.41) is 4.72. The Morgan fingerprint density at radius 2 is 2.13 bits per heavy atom. The summed E-state index contributed by atoms with van der Waals surface area (Å²) in [5.74, 6) is 1.29. The Hall–Kier alpha value is -3.50. The topological polar surface area (TPSA) is 94.8 Å². The van der Waals surface area contributed by atoms with Crippen LogP contribution in [0.1, 0.15) is 34.9 Å². The molecule has 2 aromatic carbocycles. The van der Waals surface area contributed by atoms with Crippen molar-refractivity contribution in [1.82, 2.24) is 15.0 Å².